The van der Waals surface area contributed by atoms with Gasteiger partial charge in [0.1, 0.15) is 11.1 Å². The number of alkyl halides is 5. The van der Waals surface area contributed by atoms with Crippen molar-refractivity contribution >= 4 is 11.6 Å². The standard InChI is InChI=1S/C11H11ClF4O/c1-6-5-7(17-2)3-4-8(6)9(12)11(15,16)10(13)14/h3-5,9-10H,1-2H3. The zero-order chi connectivity index (χ0) is 13.2. The van der Waals surface area contributed by atoms with Gasteiger partial charge in [0.15, 0.2) is 0 Å². The van der Waals surface area contributed by atoms with Gasteiger partial charge in [0.25, 0.3) is 0 Å². The number of halogens is 5. The van der Waals surface area contributed by atoms with Crippen molar-refractivity contribution in [3.8, 4) is 5.75 Å². The van der Waals surface area contributed by atoms with Crippen LogP contribution in [0.4, 0.5) is 17.6 Å². The van der Waals surface area contributed by atoms with E-state index >= 15 is 0 Å². The van der Waals surface area contributed by atoms with Crippen molar-refractivity contribution in [2.45, 2.75) is 24.6 Å². The van der Waals surface area contributed by atoms with Crippen LogP contribution < -0.4 is 4.74 Å². The van der Waals surface area contributed by atoms with Gasteiger partial charge >= 0.3 is 12.3 Å². The molecule has 0 amide bonds. The molecule has 0 aromatic heterocycles. The lowest BCUT2D eigenvalue weighted by Gasteiger charge is -2.22. The molecule has 0 saturated carbocycles. The second kappa shape index (κ2) is 5.12. The molecule has 0 radical (unpaired) electrons. The van der Waals surface area contributed by atoms with Crippen LogP contribution in [0.2, 0.25) is 0 Å². The van der Waals surface area contributed by atoms with Gasteiger partial charge in [0, 0.05) is 0 Å². The number of hydrogen-bond donors (Lipinski definition) is 0. The molecule has 1 unspecified atom stereocenters. The van der Waals surface area contributed by atoms with E-state index in [0.29, 0.717) is 11.3 Å². The molecule has 1 nitrogen and oxygen atoms in total. The van der Waals surface area contributed by atoms with E-state index in [1.165, 1.54) is 32.2 Å². The molecule has 17 heavy (non-hydrogen) atoms. The molecular formula is C11H11ClF4O. The molecule has 0 aliphatic heterocycles. The summed E-state index contributed by atoms with van der Waals surface area (Å²) in [6.45, 7) is 1.51. The van der Waals surface area contributed by atoms with E-state index in [1.807, 2.05) is 0 Å². The number of rotatable bonds is 4. The fraction of sp³-hybridized carbons (Fsp3) is 0.455. The molecule has 0 aliphatic rings. The summed E-state index contributed by atoms with van der Waals surface area (Å²) in [5.41, 5.74) is 0.349. The first-order valence-electron chi connectivity index (χ1n) is 4.75. The highest BCUT2D eigenvalue weighted by Crippen LogP contribution is 2.42. The third kappa shape index (κ3) is 2.83. The van der Waals surface area contributed by atoms with Crippen LogP contribution in [0.3, 0.4) is 0 Å². The highest BCUT2D eigenvalue weighted by atomic mass is 35.5. The predicted molar refractivity (Wildman–Crippen MR) is 57.3 cm³/mol. The molecule has 1 aromatic rings. The summed E-state index contributed by atoms with van der Waals surface area (Å²) in [6, 6.07) is 4.13. The predicted octanol–water partition coefficient (Wildman–Crippen LogP) is 4.18. The van der Waals surface area contributed by atoms with Gasteiger partial charge in [-0.1, -0.05) is 6.07 Å². The number of ether oxygens (including phenoxy) is 1. The Balaban J connectivity index is 3.08. The summed E-state index contributed by atoms with van der Waals surface area (Å²) in [7, 11) is 1.42. The van der Waals surface area contributed by atoms with Crippen LogP contribution in [0.25, 0.3) is 0 Å². The Bertz CT molecular complexity index is 395. The Hall–Kier alpha value is -0.970. The first kappa shape index (κ1) is 14.1. The summed E-state index contributed by atoms with van der Waals surface area (Å²) in [6.07, 6.45) is -3.80. The van der Waals surface area contributed by atoms with Gasteiger partial charge in [-0.2, -0.15) is 8.78 Å². The lowest BCUT2D eigenvalue weighted by Crippen LogP contribution is -2.31. The van der Waals surface area contributed by atoms with Gasteiger partial charge in [-0.15, -0.1) is 11.6 Å². The van der Waals surface area contributed by atoms with Crippen molar-refractivity contribution in [1.82, 2.24) is 0 Å². The minimum atomic E-state index is -4.26. The maximum absolute atomic E-state index is 13.1. The summed E-state index contributed by atoms with van der Waals surface area (Å²) < 4.78 is 55.4. The topological polar surface area (TPSA) is 9.23 Å². The minimum Gasteiger partial charge on any atom is -0.497 e. The maximum Gasteiger partial charge on any atom is 0.327 e. The van der Waals surface area contributed by atoms with E-state index < -0.39 is 17.7 Å². The average molecular weight is 271 g/mol. The van der Waals surface area contributed by atoms with Crippen molar-refractivity contribution < 1.29 is 22.3 Å². The SMILES string of the molecule is COc1ccc(C(Cl)C(F)(F)C(F)F)c(C)c1. The molecule has 0 heterocycles. The molecule has 6 heteroatoms. The molecule has 1 rings (SSSR count). The van der Waals surface area contributed by atoms with Gasteiger partial charge in [-0.3, -0.25) is 0 Å². The molecule has 96 valence electrons. The summed E-state index contributed by atoms with van der Waals surface area (Å²) in [5.74, 6) is -3.81. The van der Waals surface area contributed by atoms with Crippen molar-refractivity contribution in [3.05, 3.63) is 29.3 Å². The van der Waals surface area contributed by atoms with E-state index in [2.05, 4.69) is 0 Å². The highest BCUT2D eigenvalue weighted by molar-refractivity contribution is 6.21. The third-order valence-electron chi connectivity index (χ3n) is 2.38. The lowest BCUT2D eigenvalue weighted by molar-refractivity contribution is -0.130. The van der Waals surface area contributed by atoms with E-state index in [4.69, 9.17) is 16.3 Å². The van der Waals surface area contributed by atoms with Crippen molar-refractivity contribution in [1.29, 1.82) is 0 Å². The molecule has 0 bridgehead atoms. The Morgan fingerprint density at radius 2 is 1.88 bits per heavy atom. The van der Waals surface area contributed by atoms with Crippen LogP contribution in [-0.4, -0.2) is 19.5 Å². The fourth-order valence-corrected chi connectivity index (χ4v) is 1.72. The van der Waals surface area contributed by atoms with Crippen LogP contribution >= 0.6 is 11.6 Å². The van der Waals surface area contributed by atoms with Gasteiger partial charge in [0.2, 0.25) is 0 Å². The quantitative estimate of drug-likeness (QED) is 0.589. The van der Waals surface area contributed by atoms with E-state index in [-0.39, 0.29) is 5.56 Å². The minimum absolute atomic E-state index is 0.0298. The second-order valence-corrected chi connectivity index (χ2v) is 4.00. The molecule has 0 aliphatic carbocycles. The molecule has 0 N–H and O–H groups in total. The van der Waals surface area contributed by atoms with E-state index in [9.17, 15) is 17.6 Å². The smallest absolute Gasteiger partial charge is 0.327 e. The van der Waals surface area contributed by atoms with Crippen molar-refractivity contribution in [3.63, 3.8) is 0 Å². The average Bonchev–Trinajstić information content (AvgIpc) is 2.27. The Labute approximate surface area is 101 Å². The molecule has 0 spiro atoms. The van der Waals surface area contributed by atoms with Crippen LogP contribution in [0.5, 0.6) is 5.75 Å². The Morgan fingerprint density at radius 3 is 2.29 bits per heavy atom. The largest absolute Gasteiger partial charge is 0.497 e. The van der Waals surface area contributed by atoms with Crippen molar-refractivity contribution in [2.24, 2.45) is 0 Å². The number of methoxy groups -OCH3 is 1. The zero-order valence-electron chi connectivity index (χ0n) is 9.18. The first-order valence-corrected chi connectivity index (χ1v) is 5.19. The maximum atomic E-state index is 13.1. The third-order valence-corrected chi connectivity index (χ3v) is 2.90. The van der Waals surface area contributed by atoms with Crippen LogP contribution in [0, 0.1) is 6.92 Å². The van der Waals surface area contributed by atoms with Gasteiger partial charge in [0.05, 0.1) is 7.11 Å². The molecule has 1 atom stereocenters. The fourth-order valence-electron chi connectivity index (χ4n) is 1.38. The molecule has 0 fully saturated rings. The van der Waals surface area contributed by atoms with Crippen LogP contribution in [0.15, 0.2) is 18.2 Å². The normalized spacial score (nSPS) is 13.9. The lowest BCUT2D eigenvalue weighted by atomic mass is 10.0. The van der Waals surface area contributed by atoms with Crippen LogP contribution in [0.1, 0.15) is 16.5 Å². The zero-order valence-corrected chi connectivity index (χ0v) is 9.94. The van der Waals surface area contributed by atoms with E-state index in [1.54, 1.807) is 0 Å². The van der Waals surface area contributed by atoms with Gasteiger partial charge in [-0.05, 0) is 30.2 Å². The first-order chi connectivity index (χ1) is 7.80. The van der Waals surface area contributed by atoms with Gasteiger partial charge < -0.3 is 4.74 Å². The van der Waals surface area contributed by atoms with E-state index in [0.717, 1.165) is 0 Å². The summed E-state index contributed by atoms with van der Waals surface area (Å²) >= 11 is 5.42. The molecule has 0 saturated heterocycles. The Kier molecular flexibility index (Phi) is 4.25. The van der Waals surface area contributed by atoms with Crippen molar-refractivity contribution in [2.75, 3.05) is 7.11 Å². The molecule has 1 aromatic carbocycles. The number of aryl methyl sites for hydroxylation is 1. The molecular weight excluding hydrogens is 260 g/mol. The second-order valence-electron chi connectivity index (χ2n) is 3.56. The summed E-state index contributed by atoms with van der Waals surface area (Å²) in [5, 5.41) is -2.06. The Morgan fingerprint density at radius 1 is 1.29 bits per heavy atom. The van der Waals surface area contributed by atoms with Crippen LogP contribution in [-0.2, 0) is 0 Å². The number of benzene rings is 1. The highest BCUT2D eigenvalue weighted by Gasteiger charge is 2.49. The summed E-state index contributed by atoms with van der Waals surface area (Å²) in [4.78, 5) is 0. The number of hydrogen-bond acceptors (Lipinski definition) is 1. The van der Waals surface area contributed by atoms with Gasteiger partial charge in [-0.25, -0.2) is 8.78 Å². The monoisotopic (exact) mass is 270 g/mol.